The van der Waals surface area contributed by atoms with Crippen LogP contribution in [-0.2, 0) is 9.59 Å². The summed E-state index contributed by atoms with van der Waals surface area (Å²) in [4.78, 5) is 28.4. The van der Waals surface area contributed by atoms with Gasteiger partial charge in [0, 0.05) is 11.3 Å². The second-order valence-corrected chi connectivity index (χ2v) is 7.79. The SMILES string of the molecule is CC[C@H](C(=O)N1CC(=O)Nc2ccc(C)cc2[C@@H]1c1ccccc1)c1ccccc1. The van der Waals surface area contributed by atoms with Crippen LogP contribution in [0.4, 0.5) is 5.69 Å². The molecule has 4 heteroatoms. The number of hydrogen-bond donors (Lipinski definition) is 1. The molecule has 0 aliphatic carbocycles. The molecule has 4 nitrogen and oxygen atoms in total. The molecule has 4 rings (SSSR count). The standard InChI is InChI=1S/C26H26N2O2/c1-3-21(19-10-6-4-7-11-19)26(30)28-17-24(29)27-23-15-14-18(2)16-22(23)25(28)20-12-8-5-9-13-20/h4-16,21,25H,3,17H2,1-2H3,(H,27,29)/t21-,25-/m0/s1. The van der Waals surface area contributed by atoms with Crippen LogP contribution in [0.2, 0.25) is 0 Å². The molecule has 2 atom stereocenters. The van der Waals surface area contributed by atoms with Gasteiger partial charge in [0.25, 0.3) is 0 Å². The average molecular weight is 399 g/mol. The molecule has 1 aliphatic heterocycles. The van der Waals surface area contributed by atoms with Gasteiger partial charge >= 0.3 is 0 Å². The summed E-state index contributed by atoms with van der Waals surface area (Å²) in [6.45, 7) is 4.07. The lowest BCUT2D eigenvalue weighted by molar-refractivity contribution is -0.137. The Labute approximate surface area is 177 Å². The van der Waals surface area contributed by atoms with E-state index in [0.29, 0.717) is 6.42 Å². The van der Waals surface area contributed by atoms with Gasteiger partial charge in [0.05, 0.1) is 12.0 Å². The minimum absolute atomic E-state index is 0.0233. The second-order valence-electron chi connectivity index (χ2n) is 7.79. The highest BCUT2D eigenvalue weighted by molar-refractivity contribution is 5.98. The summed E-state index contributed by atoms with van der Waals surface area (Å²) in [6.07, 6.45) is 0.670. The topological polar surface area (TPSA) is 49.4 Å². The van der Waals surface area contributed by atoms with E-state index >= 15 is 0 Å². The lowest BCUT2D eigenvalue weighted by Gasteiger charge is -2.33. The van der Waals surface area contributed by atoms with Crippen LogP contribution >= 0.6 is 0 Å². The van der Waals surface area contributed by atoms with Crippen LogP contribution < -0.4 is 5.32 Å². The zero-order chi connectivity index (χ0) is 21.1. The Kier molecular flexibility index (Phi) is 5.66. The molecule has 1 aliphatic rings. The molecule has 0 spiro atoms. The van der Waals surface area contributed by atoms with Crippen molar-refractivity contribution in [3.05, 3.63) is 101 Å². The molecular formula is C26H26N2O2. The maximum absolute atomic E-state index is 13.9. The molecular weight excluding hydrogens is 372 g/mol. The highest BCUT2D eigenvalue weighted by Crippen LogP contribution is 2.38. The first-order valence-corrected chi connectivity index (χ1v) is 10.4. The fourth-order valence-corrected chi connectivity index (χ4v) is 4.26. The minimum atomic E-state index is -0.328. The fraction of sp³-hybridized carbons (Fsp3) is 0.231. The van der Waals surface area contributed by atoms with Gasteiger partial charge < -0.3 is 10.2 Å². The van der Waals surface area contributed by atoms with Crippen LogP contribution in [0.25, 0.3) is 0 Å². The van der Waals surface area contributed by atoms with Crippen LogP contribution in [0, 0.1) is 6.92 Å². The summed E-state index contributed by atoms with van der Waals surface area (Å²) in [5.41, 5.74) is 4.78. The summed E-state index contributed by atoms with van der Waals surface area (Å²) in [5.74, 6) is -0.492. The van der Waals surface area contributed by atoms with Gasteiger partial charge in [-0.25, -0.2) is 0 Å². The Hall–Kier alpha value is -3.40. The summed E-state index contributed by atoms with van der Waals surface area (Å²) >= 11 is 0. The van der Waals surface area contributed by atoms with Crippen LogP contribution in [0.5, 0.6) is 0 Å². The molecule has 152 valence electrons. The third kappa shape index (κ3) is 3.86. The van der Waals surface area contributed by atoms with Crippen LogP contribution in [0.3, 0.4) is 0 Å². The monoisotopic (exact) mass is 398 g/mol. The van der Waals surface area contributed by atoms with Crippen LogP contribution in [-0.4, -0.2) is 23.3 Å². The first kappa shape index (κ1) is 19.9. The van der Waals surface area contributed by atoms with Crippen molar-refractivity contribution in [3.63, 3.8) is 0 Å². The number of amides is 2. The van der Waals surface area contributed by atoms with Gasteiger partial charge in [0.1, 0.15) is 6.54 Å². The lowest BCUT2D eigenvalue weighted by atomic mass is 9.91. The van der Waals surface area contributed by atoms with E-state index in [4.69, 9.17) is 0 Å². The summed E-state index contributed by atoms with van der Waals surface area (Å²) in [7, 11) is 0. The summed E-state index contributed by atoms with van der Waals surface area (Å²) in [5, 5.41) is 3.00. The Morgan fingerprint density at radius 3 is 2.37 bits per heavy atom. The minimum Gasteiger partial charge on any atom is -0.324 e. The number of nitrogens with one attached hydrogen (secondary N) is 1. The first-order chi connectivity index (χ1) is 14.6. The highest BCUT2D eigenvalue weighted by Gasteiger charge is 2.36. The first-order valence-electron chi connectivity index (χ1n) is 10.4. The number of carbonyl (C=O) groups excluding carboxylic acids is 2. The zero-order valence-corrected chi connectivity index (χ0v) is 17.3. The van der Waals surface area contributed by atoms with Crippen LogP contribution in [0.1, 0.15) is 47.6 Å². The molecule has 1 heterocycles. The predicted octanol–water partition coefficient (Wildman–Crippen LogP) is 5.06. The number of aryl methyl sites for hydroxylation is 1. The number of hydrogen-bond acceptors (Lipinski definition) is 2. The van der Waals surface area contributed by atoms with Crippen molar-refractivity contribution >= 4 is 17.5 Å². The molecule has 3 aromatic carbocycles. The highest BCUT2D eigenvalue weighted by atomic mass is 16.2. The van der Waals surface area contributed by atoms with Gasteiger partial charge in [0.2, 0.25) is 11.8 Å². The molecule has 0 unspecified atom stereocenters. The average Bonchev–Trinajstić information content (AvgIpc) is 2.91. The molecule has 0 bridgehead atoms. The van der Waals surface area contributed by atoms with Gasteiger partial charge in [-0.3, -0.25) is 9.59 Å². The molecule has 0 aromatic heterocycles. The number of anilines is 1. The Balaban J connectivity index is 1.85. The van der Waals surface area contributed by atoms with E-state index in [2.05, 4.69) is 11.4 Å². The quantitative estimate of drug-likeness (QED) is 0.668. The molecule has 3 aromatic rings. The largest absolute Gasteiger partial charge is 0.324 e. The predicted molar refractivity (Wildman–Crippen MR) is 119 cm³/mol. The van der Waals surface area contributed by atoms with E-state index in [-0.39, 0.29) is 30.3 Å². The number of nitrogens with zero attached hydrogens (tertiary/aromatic N) is 1. The van der Waals surface area contributed by atoms with Crippen molar-refractivity contribution in [2.45, 2.75) is 32.2 Å². The number of benzene rings is 3. The lowest BCUT2D eigenvalue weighted by Crippen LogP contribution is -2.41. The fourth-order valence-electron chi connectivity index (χ4n) is 4.26. The summed E-state index contributed by atoms with van der Waals surface area (Å²) < 4.78 is 0. The van der Waals surface area contributed by atoms with Crippen molar-refractivity contribution in [3.8, 4) is 0 Å². The summed E-state index contributed by atoms with van der Waals surface area (Å²) in [6, 6.07) is 25.4. The maximum atomic E-state index is 13.9. The second kappa shape index (κ2) is 8.54. The normalized spacial score (nSPS) is 16.9. The van der Waals surface area contributed by atoms with Crippen molar-refractivity contribution in [1.29, 1.82) is 0 Å². The van der Waals surface area contributed by atoms with Crippen LogP contribution in [0.15, 0.2) is 78.9 Å². The van der Waals surface area contributed by atoms with E-state index in [1.54, 1.807) is 4.90 Å². The molecule has 0 saturated heterocycles. The maximum Gasteiger partial charge on any atom is 0.244 e. The molecule has 30 heavy (non-hydrogen) atoms. The Morgan fingerprint density at radius 2 is 1.70 bits per heavy atom. The Morgan fingerprint density at radius 1 is 1.03 bits per heavy atom. The molecule has 1 N–H and O–H groups in total. The molecule has 0 fully saturated rings. The smallest absolute Gasteiger partial charge is 0.244 e. The van der Waals surface area contributed by atoms with Crippen molar-refractivity contribution in [2.75, 3.05) is 11.9 Å². The number of rotatable bonds is 4. The van der Waals surface area contributed by atoms with Gasteiger partial charge in [-0.2, -0.15) is 0 Å². The van der Waals surface area contributed by atoms with E-state index in [1.807, 2.05) is 86.6 Å². The van der Waals surface area contributed by atoms with Gasteiger partial charge in [0.15, 0.2) is 0 Å². The van der Waals surface area contributed by atoms with E-state index in [9.17, 15) is 9.59 Å². The van der Waals surface area contributed by atoms with E-state index < -0.39 is 0 Å². The van der Waals surface area contributed by atoms with Gasteiger partial charge in [-0.05, 0) is 30.5 Å². The van der Waals surface area contributed by atoms with Crippen molar-refractivity contribution in [2.24, 2.45) is 0 Å². The van der Waals surface area contributed by atoms with Gasteiger partial charge in [-0.1, -0.05) is 85.3 Å². The number of carbonyl (C=O) groups is 2. The van der Waals surface area contributed by atoms with Crippen molar-refractivity contribution < 1.29 is 9.59 Å². The molecule has 0 radical (unpaired) electrons. The molecule has 2 amide bonds. The Bertz CT molecular complexity index is 1050. The third-order valence-corrected chi connectivity index (χ3v) is 5.71. The van der Waals surface area contributed by atoms with E-state index in [0.717, 1.165) is 27.9 Å². The third-order valence-electron chi connectivity index (χ3n) is 5.71. The van der Waals surface area contributed by atoms with Crippen molar-refractivity contribution in [1.82, 2.24) is 4.90 Å². The molecule has 0 saturated carbocycles. The number of fused-ring (bicyclic) bond motifs is 1. The van der Waals surface area contributed by atoms with E-state index in [1.165, 1.54) is 0 Å². The van der Waals surface area contributed by atoms with Gasteiger partial charge in [-0.15, -0.1) is 0 Å². The zero-order valence-electron chi connectivity index (χ0n) is 17.3.